The number of hydrogen-bond donors (Lipinski definition) is 1. The molecule has 3 heteroatoms. The number of nitrogens with one attached hydrogen (secondary N) is 1. The summed E-state index contributed by atoms with van der Waals surface area (Å²) < 4.78 is 5.63. The van der Waals surface area contributed by atoms with Crippen LogP contribution < -0.4 is 5.32 Å². The molecule has 102 valence electrons. The van der Waals surface area contributed by atoms with Gasteiger partial charge in [-0.1, -0.05) is 24.3 Å². The van der Waals surface area contributed by atoms with Gasteiger partial charge < -0.3 is 9.73 Å². The highest BCUT2D eigenvalue weighted by Crippen LogP contribution is 2.27. The molecule has 1 aromatic carbocycles. The van der Waals surface area contributed by atoms with Crippen LogP contribution in [0.2, 0.25) is 0 Å². The standard InChI is InChI=1S/C17H18N2O/c1-12-7-8-13(19-10-12)9-16(18-2)15-11-20-17-6-4-3-5-14(15)17/h3-8,10-11,16,18H,9H2,1-2H3. The molecule has 0 saturated carbocycles. The minimum Gasteiger partial charge on any atom is -0.464 e. The molecule has 0 radical (unpaired) electrons. The van der Waals surface area contributed by atoms with Crippen LogP contribution in [0.4, 0.5) is 0 Å². The third-order valence-electron chi connectivity index (χ3n) is 3.62. The molecule has 1 unspecified atom stereocenters. The number of rotatable bonds is 4. The lowest BCUT2D eigenvalue weighted by Gasteiger charge is -2.14. The van der Waals surface area contributed by atoms with Crippen LogP contribution >= 0.6 is 0 Å². The van der Waals surface area contributed by atoms with Gasteiger partial charge in [-0.3, -0.25) is 4.98 Å². The van der Waals surface area contributed by atoms with Gasteiger partial charge in [0.05, 0.1) is 6.26 Å². The largest absolute Gasteiger partial charge is 0.464 e. The molecule has 20 heavy (non-hydrogen) atoms. The Hall–Kier alpha value is -2.13. The molecule has 0 bridgehead atoms. The summed E-state index contributed by atoms with van der Waals surface area (Å²) in [5.41, 5.74) is 4.38. The van der Waals surface area contributed by atoms with E-state index in [0.717, 1.165) is 17.7 Å². The predicted octanol–water partition coefficient (Wildman–Crippen LogP) is 3.64. The molecule has 3 rings (SSSR count). The third kappa shape index (κ3) is 2.45. The number of aryl methyl sites for hydroxylation is 1. The average Bonchev–Trinajstić information content (AvgIpc) is 2.91. The lowest BCUT2D eigenvalue weighted by atomic mass is 10.0. The average molecular weight is 266 g/mol. The van der Waals surface area contributed by atoms with E-state index in [9.17, 15) is 0 Å². The smallest absolute Gasteiger partial charge is 0.134 e. The molecule has 2 aromatic heterocycles. The highest BCUT2D eigenvalue weighted by Gasteiger charge is 2.16. The van der Waals surface area contributed by atoms with Gasteiger partial charge in [0, 0.05) is 35.3 Å². The molecule has 1 N–H and O–H groups in total. The first kappa shape index (κ1) is 12.9. The molecule has 1 atom stereocenters. The highest BCUT2D eigenvalue weighted by molar-refractivity contribution is 5.81. The Balaban J connectivity index is 1.91. The molecule has 0 aliphatic rings. The maximum absolute atomic E-state index is 5.63. The van der Waals surface area contributed by atoms with Crippen molar-refractivity contribution in [2.45, 2.75) is 19.4 Å². The van der Waals surface area contributed by atoms with Crippen LogP contribution in [0.25, 0.3) is 11.0 Å². The van der Waals surface area contributed by atoms with E-state index in [0.29, 0.717) is 0 Å². The number of fused-ring (bicyclic) bond motifs is 1. The van der Waals surface area contributed by atoms with Crippen LogP contribution in [0.3, 0.4) is 0 Å². The summed E-state index contributed by atoms with van der Waals surface area (Å²) in [4.78, 5) is 4.49. The normalized spacial score (nSPS) is 12.7. The molecule has 0 fully saturated rings. The topological polar surface area (TPSA) is 38.1 Å². The maximum atomic E-state index is 5.63. The zero-order valence-corrected chi connectivity index (χ0v) is 11.8. The van der Waals surface area contributed by atoms with Gasteiger partial charge in [-0.05, 0) is 31.7 Å². The number of pyridine rings is 1. The SMILES string of the molecule is CNC(Cc1ccc(C)cn1)c1coc2ccccc12. The maximum Gasteiger partial charge on any atom is 0.134 e. The number of benzene rings is 1. The number of nitrogens with zero attached hydrogens (tertiary/aromatic N) is 1. The molecule has 0 spiro atoms. The Morgan fingerprint density at radius 2 is 2.05 bits per heavy atom. The van der Waals surface area contributed by atoms with Crippen molar-refractivity contribution >= 4 is 11.0 Å². The van der Waals surface area contributed by atoms with Crippen molar-refractivity contribution in [1.82, 2.24) is 10.3 Å². The lowest BCUT2D eigenvalue weighted by Crippen LogP contribution is -2.19. The van der Waals surface area contributed by atoms with Crippen LogP contribution in [0.5, 0.6) is 0 Å². The predicted molar refractivity (Wildman–Crippen MR) is 80.7 cm³/mol. The summed E-state index contributed by atoms with van der Waals surface area (Å²) in [6, 6.07) is 12.5. The Bertz CT molecular complexity index is 700. The molecule has 0 aliphatic heterocycles. The molecular formula is C17H18N2O. The quantitative estimate of drug-likeness (QED) is 0.783. The van der Waals surface area contributed by atoms with Crippen molar-refractivity contribution in [3.8, 4) is 0 Å². The molecular weight excluding hydrogens is 248 g/mol. The Labute approximate surface area is 118 Å². The van der Waals surface area contributed by atoms with Gasteiger partial charge >= 0.3 is 0 Å². The number of furan rings is 1. The van der Waals surface area contributed by atoms with Gasteiger partial charge in [0.15, 0.2) is 0 Å². The van der Waals surface area contributed by atoms with E-state index in [1.807, 2.05) is 37.7 Å². The van der Waals surface area contributed by atoms with Gasteiger partial charge in [0.25, 0.3) is 0 Å². The van der Waals surface area contributed by atoms with E-state index in [4.69, 9.17) is 4.42 Å². The second kappa shape index (κ2) is 5.47. The third-order valence-corrected chi connectivity index (χ3v) is 3.62. The first-order chi connectivity index (χ1) is 9.78. The summed E-state index contributed by atoms with van der Waals surface area (Å²) in [7, 11) is 1.97. The highest BCUT2D eigenvalue weighted by atomic mass is 16.3. The van der Waals surface area contributed by atoms with E-state index in [1.54, 1.807) is 0 Å². The fourth-order valence-electron chi connectivity index (χ4n) is 2.46. The van der Waals surface area contributed by atoms with Gasteiger partial charge in [-0.25, -0.2) is 0 Å². The van der Waals surface area contributed by atoms with Crippen LogP contribution in [-0.2, 0) is 6.42 Å². The van der Waals surface area contributed by atoms with Crippen LogP contribution in [-0.4, -0.2) is 12.0 Å². The van der Waals surface area contributed by atoms with Crippen LogP contribution in [0, 0.1) is 6.92 Å². The Morgan fingerprint density at radius 3 is 2.80 bits per heavy atom. The lowest BCUT2D eigenvalue weighted by molar-refractivity contribution is 0.559. The molecule has 0 aliphatic carbocycles. The van der Waals surface area contributed by atoms with E-state index in [-0.39, 0.29) is 6.04 Å². The summed E-state index contributed by atoms with van der Waals surface area (Å²) in [5, 5.41) is 4.53. The first-order valence-electron chi connectivity index (χ1n) is 6.83. The van der Waals surface area contributed by atoms with E-state index in [1.165, 1.54) is 16.5 Å². The van der Waals surface area contributed by atoms with Gasteiger partial charge in [-0.2, -0.15) is 0 Å². The summed E-state index contributed by atoms with van der Waals surface area (Å²) in [5.74, 6) is 0. The minimum atomic E-state index is 0.203. The fourth-order valence-corrected chi connectivity index (χ4v) is 2.46. The van der Waals surface area contributed by atoms with E-state index < -0.39 is 0 Å². The number of likely N-dealkylation sites (N-methyl/N-ethyl adjacent to an activating group) is 1. The second-order valence-corrected chi connectivity index (χ2v) is 5.06. The molecule has 2 heterocycles. The van der Waals surface area contributed by atoms with Crippen molar-refractivity contribution in [2.75, 3.05) is 7.05 Å². The summed E-state index contributed by atoms with van der Waals surface area (Å²) in [6.07, 6.45) is 4.61. The number of hydrogen-bond acceptors (Lipinski definition) is 3. The Morgan fingerprint density at radius 1 is 1.20 bits per heavy atom. The zero-order valence-electron chi connectivity index (χ0n) is 11.8. The summed E-state index contributed by atoms with van der Waals surface area (Å²) in [6.45, 7) is 2.05. The molecule has 3 nitrogen and oxygen atoms in total. The minimum absolute atomic E-state index is 0.203. The van der Waals surface area contributed by atoms with Crippen molar-refractivity contribution in [3.63, 3.8) is 0 Å². The first-order valence-corrected chi connectivity index (χ1v) is 6.83. The number of para-hydroxylation sites is 1. The van der Waals surface area contributed by atoms with Crippen molar-refractivity contribution in [2.24, 2.45) is 0 Å². The molecule has 3 aromatic rings. The monoisotopic (exact) mass is 266 g/mol. The van der Waals surface area contributed by atoms with Crippen LogP contribution in [0.1, 0.15) is 22.9 Å². The molecule has 0 saturated heterocycles. The van der Waals surface area contributed by atoms with Crippen molar-refractivity contribution in [3.05, 3.63) is 65.7 Å². The van der Waals surface area contributed by atoms with Crippen molar-refractivity contribution in [1.29, 1.82) is 0 Å². The fraction of sp³-hybridized carbons (Fsp3) is 0.235. The molecule has 0 amide bonds. The van der Waals surface area contributed by atoms with E-state index in [2.05, 4.69) is 35.4 Å². The zero-order chi connectivity index (χ0) is 13.9. The van der Waals surface area contributed by atoms with Crippen LogP contribution in [0.15, 0.2) is 53.3 Å². The van der Waals surface area contributed by atoms with E-state index >= 15 is 0 Å². The summed E-state index contributed by atoms with van der Waals surface area (Å²) >= 11 is 0. The second-order valence-electron chi connectivity index (χ2n) is 5.06. The van der Waals surface area contributed by atoms with Gasteiger partial charge in [0.2, 0.25) is 0 Å². The Kier molecular flexibility index (Phi) is 3.52. The number of aromatic nitrogens is 1. The van der Waals surface area contributed by atoms with Gasteiger partial charge in [-0.15, -0.1) is 0 Å². The van der Waals surface area contributed by atoms with Gasteiger partial charge in [0.1, 0.15) is 5.58 Å². The van der Waals surface area contributed by atoms with Crippen molar-refractivity contribution < 1.29 is 4.42 Å².